The highest BCUT2D eigenvalue weighted by Gasteiger charge is 2.46. The van der Waals surface area contributed by atoms with Gasteiger partial charge in [-0.1, -0.05) is 45.0 Å². The van der Waals surface area contributed by atoms with Crippen molar-refractivity contribution in [2.45, 2.75) is 90.3 Å². The maximum atomic E-state index is 12.9. The average molecular weight is 436 g/mol. The van der Waals surface area contributed by atoms with Gasteiger partial charge in [0.05, 0.1) is 24.7 Å². The number of carbonyl (C=O) groups is 2. The molecule has 1 heterocycles. The zero-order chi connectivity index (χ0) is 23.1. The lowest BCUT2D eigenvalue weighted by Crippen LogP contribution is -2.64. The lowest BCUT2D eigenvalue weighted by atomic mass is 9.92. The molecule has 0 aromatic heterocycles. The predicted molar refractivity (Wildman–Crippen MR) is 118 cm³/mol. The predicted octanol–water partition coefficient (Wildman–Crippen LogP) is 2.33. The Labute approximate surface area is 185 Å². The minimum atomic E-state index is -1.25. The molecule has 7 nitrogen and oxygen atoms in total. The number of hydrogen-bond acceptors (Lipinski definition) is 6. The average Bonchev–Trinajstić information content (AvgIpc) is 2.72. The van der Waals surface area contributed by atoms with Crippen molar-refractivity contribution in [3.05, 3.63) is 35.4 Å². The molecule has 6 unspecified atom stereocenters. The number of ether oxygens (including phenoxy) is 2. The molecule has 174 valence electrons. The fourth-order valence-corrected chi connectivity index (χ4v) is 3.90. The monoisotopic (exact) mass is 435 g/mol. The van der Waals surface area contributed by atoms with E-state index in [-0.39, 0.29) is 5.91 Å². The van der Waals surface area contributed by atoms with E-state index in [1.807, 2.05) is 31.2 Å². The van der Waals surface area contributed by atoms with E-state index in [1.54, 1.807) is 13.8 Å². The quantitative estimate of drug-likeness (QED) is 0.514. The summed E-state index contributed by atoms with van der Waals surface area (Å²) in [6.07, 6.45) is -1.74. The summed E-state index contributed by atoms with van der Waals surface area (Å²) in [6, 6.07) is 7.16. The van der Waals surface area contributed by atoms with Crippen LogP contribution in [0.3, 0.4) is 0 Å². The first kappa shape index (κ1) is 25.3. The highest BCUT2D eigenvalue weighted by Crippen LogP contribution is 2.27. The minimum absolute atomic E-state index is 0.201. The van der Waals surface area contributed by atoms with E-state index in [2.05, 4.69) is 19.2 Å². The van der Waals surface area contributed by atoms with Gasteiger partial charge >= 0.3 is 5.97 Å². The standard InChI is InChI=1S/C24H37NO6/c1-6-7-20(27)25-21-16(5)30-19(13-26)22(28)23(21)31-24(29)15(4)18-10-8-17(9-11-18)12-14(2)3/h8-11,14-16,19,21-23,26,28H,6-7,12-13H2,1-5H3,(H,25,27). The second-order valence-corrected chi connectivity index (χ2v) is 8.86. The van der Waals surface area contributed by atoms with Crippen molar-refractivity contribution < 1.29 is 29.3 Å². The van der Waals surface area contributed by atoms with Crippen molar-refractivity contribution in [3.8, 4) is 0 Å². The maximum Gasteiger partial charge on any atom is 0.313 e. The van der Waals surface area contributed by atoms with Crippen molar-refractivity contribution in [3.63, 3.8) is 0 Å². The Morgan fingerprint density at radius 2 is 1.84 bits per heavy atom. The third-order valence-corrected chi connectivity index (χ3v) is 5.68. The van der Waals surface area contributed by atoms with Crippen LogP contribution in [0.2, 0.25) is 0 Å². The summed E-state index contributed by atoms with van der Waals surface area (Å²) in [5.41, 5.74) is 2.02. The molecule has 1 amide bonds. The molecule has 1 saturated heterocycles. The summed E-state index contributed by atoms with van der Waals surface area (Å²) in [4.78, 5) is 25.1. The second kappa shape index (κ2) is 11.6. The molecule has 0 radical (unpaired) electrons. The number of hydrogen-bond donors (Lipinski definition) is 3. The zero-order valence-corrected chi connectivity index (χ0v) is 19.2. The fraction of sp³-hybridized carbons (Fsp3) is 0.667. The number of aliphatic hydroxyl groups excluding tert-OH is 2. The first-order valence-electron chi connectivity index (χ1n) is 11.2. The van der Waals surface area contributed by atoms with Crippen LogP contribution < -0.4 is 5.32 Å². The van der Waals surface area contributed by atoms with Crippen molar-refractivity contribution in [2.75, 3.05) is 6.61 Å². The van der Waals surface area contributed by atoms with Crippen molar-refractivity contribution in [2.24, 2.45) is 5.92 Å². The summed E-state index contributed by atoms with van der Waals surface area (Å²) < 4.78 is 11.3. The summed E-state index contributed by atoms with van der Waals surface area (Å²) in [7, 11) is 0. The summed E-state index contributed by atoms with van der Waals surface area (Å²) >= 11 is 0. The van der Waals surface area contributed by atoms with E-state index in [1.165, 1.54) is 5.56 Å². The Balaban J connectivity index is 2.15. The van der Waals surface area contributed by atoms with Crippen LogP contribution in [0.4, 0.5) is 0 Å². The van der Waals surface area contributed by atoms with Gasteiger partial charge in [-0.3, -0.25) is 9.59 Å². The number of benzene rings is 1. The second-order valence-electron chi connectivity index (χ2n) is 8.86. The number of amides is 1. The molecule has 1 aromatic rings. The molecular formula is C24H37NO6. The van der Waals surface area contributed by atoms with Crippen LogP contribution >= 0.6 is 0 Å². The van der Waals surface area contributed by atoms with Crippen LogP contribution in [0.5, 0.6) is 0 Å². The van der Waals surface area contributed by atoms with Crippen LogP contribution in [0.1, 0.15) is 64.5 Å². The molecule has 1 fully saturated rings. The molecule has 31 heavy (non-hydrogen) atoms. The van der Waals surface area contributed by atoms with E-state index in [0.29, 0.717) is 18.8 Å². The summed E-state index contributed by atoms with van der Waals surface area (Å²) in [5.74, 6) is -0.698. The lowest BCUT2D eigenvalue weighted by Gasteiger charge is -2.43. The minimum Gasteiger partial charge on any atom is -0.457 e. The fourth-order valence-electron chi connectivity index (χ4n) is 3.90. The van der Waals surface area contributed by atoms with Crippen molar-refractivity contribution >= 4 is 11.9 Å². The molecule has 0 bridgehead atoms. The molecular weight excluding hydrogens is 398 g/mol. The van der Waals surface area contributed by atoms with Crippen LogP contribution in [0.15, 0.2) is 24.3 Å². The molecule has 0 spiro atoms. The van der Waals surface area contributed by atoms with Crippen LogP contribution in [0.25, 0.3) is 0 Å². The number of aliphatic hydroxyl groups is 2. The van der Waals surface area contributed by atoms with E-state index in [4.69, 9.17) is 9.47 Å². The van der Waals surface area contributed by atoms with Gasteiger partial charge < -0.3 is 25.0 Å². The molecule has 1 aromatic carbocycles. The van der Waals surface area contributed by atoms with Gasteiger partial charge in [-0.05, 0) is 43.7 Å². The van der Waals surface area contributed by atoms with Gasteiger partial charge in [-0.2, -0.15) is 0 Å². The van der Waals surface area contributed by atoms with Gasteiger partial charge in [0.25, 0.3) is 0 Å². The Kier molecular flexibility index (Phi) is 9.47. The SMILES string of the molecule is CCCC(=O)NC1C(C)OC(CO)C(O)C1OC(=O)C(C)c1ccc(CC(C)C)cc1. The topological polar surface area (TPSA) is 105 Å². The van der Waals surface area contributed by atoms with E-state index in [0.717, 1.165) is 12.0 Å². The Morgan fingerprint density at radius 1 is 1.19 bits per heavy atom. The molecule has 2 rings (SSSR count). The largest absolute Gasteiger partial charge is 0.457 e. The van der Waals surface area contributed by atoms with E-state index >= 15 is 0 Å². The first-order valence-corrected chi connectivity index (χ1v) is 11.2. The number of nitrogens with one attached hydrogen (secondary N) is 1. The van der Waals surface area contributed by atoms with Gasteiger partial charge in [0.2, 0.25) is 5.91 Å². The summed E-state index contributed by atoms with van der Waals surface area (Å²) in [5, 5.41) is 23.0. The number of rotatable bonds is 9. The van der Waals surface area contributed by atoms with Gasteiger partial charge in [0.1, 0.15) is 12.2 Å². The third-order valence-electron chi connectivity index (χ3n) is 5.68. The molecule has 1 aliphatic rings. The van der Waals surface area contributed by atoms with Gasteiger partial charge in [-0.25, -0.2) is 0 Å². The number of esters is 1. The molecule has 0 aliphatic carbocycles. The third kappa shape index (κ3) is 6.76. The highest BCUT2D eigenvalue weighted by molar-refractivity contribution is 5.78. The Bertz CT molecular complexity index is 719. The van der Waals surface area contributed by atoms with Gasteiger partial charge in [-0.15, -0.1) is 0 Å². The Morgan fingerprint density at radius 3 is 2.39 bits per heavy atom. The molecule has 0 saturated carbocycles. The Hall–Kier alpha value is -1.96. The van der Waals surface area contributed by atoms with E-state index in [9.17, 15) is 19.8 Å². The number of carbonyl (C=O) groups excluding carboxylic acids is 2. The molecule has 7 heteroatoms. The maximum absolute atomic E-state index is 12.9. The highest BCUT2D eigenvalue weighted by atomic mass is 16.6. The molecule has 3 N–H and O–H groups in total. The summed E-state index contributed by atoms with van der Waals surface area (Å²) in [6.45, 7) is 9.27. The van der Waals surface area contributed by atoms with Gasteiger partial charge in [0.15, 0.2) is 6.10 Å². The first-order chi connectivity index (χ1) is 14.7. The van der Waals surface area contributed by atoms with Crippen molar-refractivity contribution in [1.29, 1.82) is 0 Å². The molecule has 1 aliphatic heterocycles. The van der Waals surface area contributed by atoms with Crippen LogP contribution in [0, 0.1) is 5.92 Å². The molecule has 6 atom stereocenters. The normalized spacial score (nSPS) is 27.0. The van der Waals surface area contributed by atoms with Crippen LogP contribution in [-0.2, 0) is 25.5 Å². The lowest BCUT2D eigenvalue weighted by molar-refractivity contribution is -0.208. The van der Waals surface area contributed by atoms with E-state index < -0.39 is 49.0 Å². The zero-order valence-electron chi connectivity index (χ0n) is 19.2. The van der Waals surface area contributed by atoms with Gasteiger partial charge in [0, 0.05) is 6.42 Å². The van der Waals surface area contributed by atoms with Crippen molar-refractivity contribution in [1.82, 2.24) is 5.32 Å². The van der Waals surface area contributed by atoms with Crippen LogP contribution in [-0.4, -0.2) is 59.2 Å². The smallest absolute Gasteiger partial charge is 0.313 e.